The lowest BCUT2D eigenvalue weighted by molar-refractivity contribution is -0.117. The third-order valence-electron chi connectivity index (χ3n) is 4.26. The zero-order valence-electron chi connectivity index (χ0n) is 14.4. The summed E-state index contributed by atoms with van der Waals surface area (Å²) >= 11 is 0. The van der Waals surface area contributed by atoms with Crippen LogP contribution in [0, 0.1) is 0 Å². The summed E-state index contributed by atoms with van der Waals surface area (Å²) in [5, 5.41) is 2.73. The highest BCUT2D eigenvalue weighted by Crippen LogP contribution is 2.27. The van der Waals surface area contributed by atoms with Crippen LogP contribution in [0.2, 0.25) is 0 Å². The van der Waals surface area contributed by atoms with Gasteiger partial charge in [0, 0.05) is 37.5 Å². The molecule has 0 bridgehead atoms. The zero-order valence-corrected chi connectivity index (χ0v) is 15.3. The Labute approximate surface area is 152 Å². The average molecular weight is 373 g/mol. The molecule has 1 aliphatic rings. The predicted molar refractivity (Wildman–Crippen MR) is 99.7 cm³/mol. The van der Waals surface area contributed by atoms with Crippen molar-refractivity contribution in [2.24, 2.45) is 0 Å². The molecular weight excluding hydrogens is 354 g/mol. The van der Waals surface area contributed by atoms with E-state index in [1.807, 2.05) is 0 Å². The lowest BCUT2D eigenvalue weighted by Gasteiger charge is -2.18. The molecule has 26 heavy (non-hydrogen) atoms. The molecule has 2 N–H and O–H groups in total. The van der Waals surface area contributed by atoms with Gasteiger partial charge in [-0.2, -0.15) is 0 Å². The lowest BCUT2D eigenvalue weighted by Crippen LogP contribution is -2.22. The first-order chi connectivity index (χ1) is 12.3. The van der Waals surface area contributed by atoms with Gasteiger partial charge in [0.1, 0.15) is 0 Å². The molecule has 8 heteroatoms. The van der Waals surface area contributed by atoms with Crippen LogP contribution in [-0.2, 0) is 26.0 Å². The number of carbonyl (C=O) groups is 2. The van der Waals surface area contributed by atoms with E-state index in [4.69, 9.17) is 0 Å². The largest absolute Gasteiger partial charge is 0.326 e. The number of nitrogens with zero attached hydrogens (tertiary/aromatic N) is 1. The van der Waals surface area contributed by atoms with Crippen LogP contribution in [0.15, 0.2) is 47.4 Å². The number of amides is 2. The lowest BCUT2D eigenvalue weighted by atomic mass is 10.0. The fourth-order valence-corrected chi connectivity index (χ4v) is 3.78. The number of nitrogens with one attached hydrogen (secondary N) is 2. The van der Waals surface area contributed by atoms with E-state index in [0.717, 1.165) is 5.56 Å². The van der Waals surface area contributed by atoms with Crippen LogP contribution in [0.4, 0.5) is 17.1 Å². The standard InChI is InChI=1S/C18H19N3O4S/c1-12(22)21(2)15-6-4-14(5-7-15)20-26(24,25)16-8-9-17-13(11-16)3-10-18(23)19-17/h4-9,11,20H,3,10H2,1-2H3,(H,19,23). The van der Waals surface area contributed by atoms with Gasteiger partial charge >= 0.3 is 0 Å². The van der Waals surface area contributed by atoms with Crippen LogP contribution < -0.4 is 14.9 Å². The Morgan fingerprint density at radius 2 is 1.81 bits per heavy atom. The van der Waals surface area contributed by atoms with E-state index < -0.39 is 10.0 Å². The zero-order chi connectivity index (χ0) is 18.9. The molecule has 0 unspecified atom stereocenters. The minimum Gasteiger partial charge on any atom is -0.326 e. The van der Waals surface area contributed by atoms with Gasteiger partial charge in [0.25, 0.3) is 10.0 Å². The molecule has 136 valence electrons. The van der Waals surface area contributed by atoms with Crippen molar-refractivity contribution >= 4 is 38.9 Å². The van der Waals surface area contributed by atoms with E-state index in [2.05, 4.69) is 10.0 Å². The van der Waals surface area contributed by atoms with Gasteiger partial charge in [-0.1, -0.05) is 0 Å². The molecule has 7 nitrogen and oxygen atoms in total. The molecule has 0 radical (unpaired) electrons. The number of anilines is 3. The fourth-order valence-electron chi connectivity index (χ4n) is 2.68. The Morgan fingerprint density at radius 3 is 2.46 bits per heavy atom. The molecule has 1 aliphatic heterocycles. The number of hydrogen-bond acceptors (Lipinski definition) is 4. The Morgan fingerprint density at radius 1 is 1.12 bits per heavy atom. The van der Waals surface area contributed by atoms with E-state index in [0.29, 0.717) is 29.9 Å². The number of hydrogen-bond donors (Lipinski definition) is 2. The highest BCUT2D eigenvalue weighted by molar-refractivity contribution is 7.92. The van der Waals surface area contributed by atoms with Crippen LogP contribution in [0.3, 0.4) is 0 Å². The summed E-state index contributed by atoms with van der Waals surface area (Å²) in [6.45, 7) is 1.45. The number of rotatable bonds is 4. The van der Waals surface area contributed by atoms with Gasteiger partial charge < -0.3 is 10.2 Å². The van der Waals surface area contributed by atoms with Crippen molar-refractivity contribution in [1.82, 2.24) is 0 Å². The molecule has 1 heterocycles. The van der Waals surface area contributed by atoms with Crippen molar-refractivity contribution in [3.8, 4) is 0 Å². The number of sulfonamides is 1. The van der Waals surface area contributed by atoms with Crippen molar-refractivity contribution in [1.29, 1.82) is 0 Å². The van der Waals surface area contributed by atoms with Gasteiger partial charge in [-0.3, -0.25) is 14.3 Å². The molecule has 2 amide bonds. The Kier molecular flexibility index (Phi) is 4.69. The fraction of sp³-hybridized carbons (Fsp3) is 0.222. The van der Waals surface area contributed by atoms with Gasteiger partial charge in [-0.05, 0) is 54.4 Å². The Balaban J connectivity index is 1.81. The van der Waals surface area contributed by atoms with Gasteiger partial charge in [0.2, 0.25) is 11.8 Å². The van der Waals surface area contributed by atoms with E-state index in [1.165, 1.54) is 17.9 Å². The van der Waals surface area contributed by atoms with Crippen LogP contribution in [0.5, 0.6) is 0 Å². The van der Waals surface area contributed by atoms with Crippen LogP contribution in [-0.4, -0.2) is 27.3 Å². The van der Waals surface area contributed by atoms with Crippen LogP contribution >= 0.6 is 0 Å². The van der Waals surface area contributed by atoms with Gasteiger partial charge in [0.05, 0.1) is 4.90 Å². The maximum absolute atomic E-state index is 12.6. The second-order valence-corrected chi connectivity index (χ2v) is 7.78. The summed E-state index contributed by atoms with van der Waals surface area (Å²) in [7, 11) is -2.11. The first-order valence-electron chi connectivity index (χ1n) is 8.06. The second kappa shape index (κ2) is 6.80. The minimum atomic E-state index is -3.75. The van der Waals surface area contributed by atoms with Gasteiger partial charge in [0.15, 0.2) is 0 Å². The molecule has 2 aromatic rings. The third-order valence-corrected chi connectivity index (χ3v) is 5.64. The molecule has 0 spiro atoms. The Hall–Kier alpha value is -2.87. The Bertz CT molecular complexity index is 968. The van der Waals surface area contributed by atoms with Crippen molar-refractivity contribution < 1.29 is 18.0 Å². The molecule has 0 aromatic heterocycles. The molecule has 0 saturated carbocycles. The third kappa shape index (κ3) is 3.70. The van der Waals surface area contributed by atoms with E-state index in [1.54, 1.807) is 43.4 Å². The average Bonchev–Trinajstić information content (AvgIpc) is 2.60. The minimum absolute atomic E-state index is 0.0677. The molecular formula is C18H19N3O4S. The maximum Gasteiger partial charge on any atom is 0.261 e. The second-order valence-electron chi connectivity index (χ2n) is 6.10. The maximum atomic E-state index is 12.6. The first-order valence-corrected chi connectivity index (χ1v) is 9.54. The quantitative estimate of drug-likeness (QED) is 0.860. The molecule has 0 aliphatic carbocycles. The summed E-state index contributed by atoms with van der Waals surface area (Å²) in [5.41, 5.74) is 2.52. The summed E-state index contributed by atoms with van der Waals surface area (Å²) in [6.07, 6.45) is 0.853. The monoisotopic (exact) mass is 373 g/mol. The summed E-state index contributed by atoms with van der Waals surface area (Å²) < 4.78 is 27.8. The van der Waals surface area contributed by atoms with Gasteiger partial charge in [-0.25, -0.2) is 8.42 Å². The highest BCUT2D eigenvalue weighted by Gasteiger charge is 2.20. The highest BCUT2D eigenvalue weighted by atomic mass is 32.2. The summed E-state index contributed by atoms with van der Waals surface area (Å²) in [6, 6.07) is 11.2. The van der Waals surface area contributed by atoms with E-state index in [-0.39, 0.29) is 16.7 Å². The van der Waals surface area contributed by atoms with Crippen molar-refractivity contribution in [2.75, 3.05) is 22.0 Å². The van der Waals surface area contributed by atoms with Crippen LogP contribution in [0.25, 0.3) is 0 Å². The van der Waals surface area contributed by atoms with Crippen molar-refractivity contribution in [3.63, 3.8) is 0 Å². The topological polar surface area (TPSA) is 95.6 Å². The van der Waals surface area contributed by atoms with Crippen LogP contribution in [0.1, 0.15) is 18.9 Å². The van der Waals surface area contributed by atoms with Crippen molar-refractivity contribution in [3.05, 3.63) is 48.0 Å². The first kappa shape index (κ1) is 17.9. The number of fused-ring (bicyclic) bond motifs is 1. The SMILES string of the molecule is CC(=O)N(C)c1ccc(NS(=O)(=O)c2ccc3c(c2)CCC(=O)N3)cc1. The number of carbonyl (C=O) groups excluding carboxylic acids is 2. The van der Waals surface area contributed by atoms with E-state index in [9.17, 15) is 18.0 Å². The predicted octanol–water partition coefficient (Wildman–Crippen LogP) is 2.35. The van der Waals surface area contributed by atoms with Gasteiger partial charge in [-0.15, -0.1) is 0 Å². The van der Waals surface area contributed by atoms with E-state index >= 15 is 0 Å². The van der Waals surface area contributed by atoms with Crippen molar-refractivity contribution in [2.45, 2.75) is 24.7 Å². The summed E-state index contributed by atoms with van der Waals surface area (Å²) in [4.78, 5) is 24.4. The molecule has 0 fully saturated rings. The normalized spacial score (nSPS) is 13.5. The molecule has 0 saturated heterocycles. The summed E-state index contributed by atoms with van der Waals surface area (Å²) in [5.74, 6) is -0.179. The molecule has 3 rings (SSSR count). The number of aryl methyl sites for hydroxylation is 1. The molecule has 2 aromatic carbocycles. The smallest absolute Gasteiger partial charge is 0.261 e. The molecule has 0 atom stereocenters. The number of benzene rings is 2.